The number of aromatic amines is 1. The molecule has 0 aliphatic heterocycles. The highest BCUT2D eigenvalue weighted by molar-refractivity contribution is 5.90. The summed E-state index contributed by atoms with van der Waals surface area (Å²) in [4.78, 5) is 11.7. The number of hydrogen-bond donors (Lipinski definition) is 3. The molecule has 1 aromatic heterocycles. The molecule has 5 heteroatoms. The van der Waals surface area contributed by atoms with Crippen LogP contribution < -0.4 is 16.2 Å². The number of nitrogens with one attached hydrogen (secondary N) is 3. The van der Waals surface area contributed by atoms with Crippen molar-refractivity contribution in [2.45, 2.75) is 19.3 Å². The molecule has 0 aliphatic rings. The van der Waals surface area contributed by atoms with Crippen molar-refractivity contribution in [3.8, 4) is 0 Å². The van der Waals surface area contributed by atoms with Crippen molar-refractivity contribution < 1.29 is 0 Å². The Kier molecular flexibility index (Phi) is 5.97. The summed E-state index contributed by atoms with van der Waals surface area (Å²) in [6.45, 7) is 6.50. The predicted molar refractivity (Wildman–Crippen MR) is 87.8 cm³/mol. The van der Waals surface area contributed by atoms with Crippen LogP contribution in [0.1, 0.15) is 19.3 Å². The quantitative estimate of drug-likeness (QED) is 0.488. The summed E-state index contributed by atoms with van der Waals surface area (Å²) in [7, 11) is 0. The van der Waals surface area contributed by atoms with Crippen LogP contribution in [0.15, 0.2) is 41.7 Å². The average Bonchev–Trinajstić information content (AvgIpc) is 2.52. The molecule has 0 atom stereocenters. The van der Waals surface area contributed by atoms with E-state index in [1.54, 1.807) is 0 Å². The topological polar surface area (TPSA) is 69.8 Å². The second-order valence-electron chi connectivity index (χ2n) is 4.91. The fraction of sp³-hybridized carbons (Fsp3) is 0.375. The number of H-pyrrole nitrogens is 1. The van der Waals surface area contributed by atoms with Crippen LogP contribution in [-0.2, 0) is 0 Å². The molecule has 0 fully saturated rings. The summed E-state index contributed by atoms with van der Waals surface area (Å²) in [5, 5.41) is 14.8. The number of rotatable bonds is 9. The first-order valence-electron chi connectivity index (χ1n) is 7.36. The van der Waals surface area contributed by atoms with Crippen molar-refractivity contribution in [2.75, 3.05) is 25.0 Å². The number of unbranched alkanes of at least 4 members (excludes halogenated alkanes) is 1. The zero-order chi connectivity index (χ0) is 14.9. The van der Waals surface area contributed by atoms with Crippen molar-refractivity contribution in [1.29, 1.82) is 0 Å². The summed E-state index contributed by atoms with van der Waals surface area (Å²) < 4.78 is 0. The third-order valence-electron chi connectivity index (χ3n) is 3.28. The van der Waals surface area contributed by atoms with Gasteiger partial charge in [-0.15, -0.1) is 6.58 Å². The maximum absolute atomic E-state index is 11.7. The first-order valence-corrected chi connectivity index (χ1v) is 7.36. The zero-order valence-corrected chi connectivity index (χ0v) is 12.2. The number of nitrogens with zero attached hydrogens (tertiary/aromatic N) is 1. The second kappa shape index (κ2) is 8.21. The second-order valence-corrected chi connectivity index (χ2v) is 4.91. The molecule has 0 spiro atoms. The molecule has 2 aromatic rings. The highest BCUT2D eigenvalue weighted by Crippen LogP contribution is 2.16. The molecule has 5 nitrogen and oxygen atoms in total. The molecular weight excluding hydrogens is 264 g/mol. The largest absolute Gasteiger partial charge is 0.368 e. The molecule has 0 saturated heterocycles. The lowest BCUT2D eigenvalue weighted by molar-refractivity contribution is 0.636. The molecule has 3 N–H and O–H groups in total. The maximum atomic E-state index is 11.7. The van der Waals surface area contributed by atoms with E-state index in [1.165, 1.54) is 0 Å². The fourth-order valence-corrected chi connectivity index (χ4v) is 2.17. The Hall–Kier alpha value is -2.14. The van der Waals surface area contributed by atoms with Crippen LogP contribution in [0.5, 0.6) is 0 Å². The Morgan fingerprint density at radius 1 is 1.14 bits per heavy atom. The van der Waals surface area contributed by atoms with Crippen molar-refractivity contribution in [3.05, 3.63) is 47.3 Å². The summed E-state index contributed by atoms with van der Waals surface area (Å²) in [6.07, 6.45) is 5.13. The highest BCUT2D eigenvalue weighted by Gasteiger charge is 2.04. The van der Waals surface area contributed by atoms with Crippen LogP contribution >= 0.6 is 0 Å². The third kappa shape index (κ3) is 4.43. The number of benzene rings is 1. The molecule has 112 valence electrons. The molecule has 1 heterocycles. The molecule has 0 aliphatic carbocycles. The molecule has 0 radical (unpaired) electrons. The van der Waals surface area contributed by atoms with Gasteiger partial charge in [0.25, 0.3) is 5.56 Å². The van der Waals surface area contributed by atoms with Crippen LogP contribution in [0, 0.1) is 0 Å². The molecule has 0 saturated carbocycles. The van der Waals surface area contributed by atoms with Gasteiger partial charge in [-0.25, -0.2) is 5.10 Å². The fourth-order valence-electron chi connectivity index (χ4n) is 2.17. The zero-order valence-electron chi connectivity index (χ0n) is 12.2. The summed E-state index contributed by atoms with van der Waals surface area (Å²) >= 11 is 0. The number of fused-ring (bicyclic) bond motifs is 1. The van der Waals surface area contributed by atoms with Gasteiger partial charge in [-0.2, -0.15) is 5.10 Å². The van der Waals surface area contributed by atoms with E-state index in [4.69, 9.17) is 0 Å². The summed E-state index contributed by atoms with van der Waals surface area (Å²) in [6, 6.07) is 7.49. The van der Waals surface area contributed by atoms with Gasteiger partial charge in [0.2, 0.25) is 0 Å². The Balaban J connectivity index is 1.80. The van der Waals surface area contributed by atoms with Crippen LogP contribution in [0.4, 0.5) is 5.82 Å². The smallest absolute Gasteiger partial charge is 0.272 e. The number of hydrogen-bond acceptors (Lipinski definition) is 4. The van der Waals surface area contributed by atoms with E-state index < -0.39 is 0 Å². The SMILES string of the molecule is C=CCCCNCCCNc1n[nH]c(=O)c2ccccc12. The van der Waals surface area contributed by atoms with Gasteiger partial charge in [-0.1, -0.05) is 24.3 Å². The normalized spacial score (nSPS) is 10.7. The van der Waals surface area contributed by atoms with Crippen LogP contribution in [0.3, 0.4) is 0 Å². The monoisotopic (exact) mass is 286 g/mol. The average molecular weight is 286 g/mol. The van der Waals surface area contributed by atoms with Gasteiger partial charge >= 0.3 is 0 Å². The van der Waals surface area contributed by atoms with Crippen LogP contribution in [-0.4, -0.2) is 29.8 Å². The standard InChI is InChI=1S/C16H22N4O/c1-2-3-6-10-17-11-7-12-18-15-13-8-4-5-9-14(13)16(21)20-19-15/h2,4-5,8-9,17H,1,3,6-7,10-12H2,(H,18,19)(H,20,21). The van der Waals surface area contributed by atoms with Gasteiger partial charge in [0.1, 0.15) is 0 Å². The van der Waals surface area contributed by atoms with Gasteiger partial charge in [-0.05, 0) is 38.4 Å². The Morgan fingerprint density at radius 2 is 1.90 bits per heavy atom. The van der Waals surface area contributed by atoms with Crippen LogP contribution in [0.25, 0.3) is 10.8 Å². The van der Waals surface area contributed by atoms with E-state index in [9.17, 15) is 4.79 Å². The summed E-state index contributed by atoms with van der Waals surface area (Å²) in [5.41, 5.74) is -0.153. The van der Waals surface area contributed by atoms with Crippen molar-refractivity contribution >= 4 is 16.6 Å². The number of aromatic nitrogens is 2. The maximum Gasteiger partial charge on any atom is 0.272 e. The minimum absolute atomic E-state index is 0.153. The van der Waals surface area contributed by atoms with Gasteiger partial charge in [0.05, 0.1) is 5.39 Å². The van der Waals surface area contributed by atoms with Crippen molar-refractivity contribution in [2.24, 2.45) is 0 Å². The number of anilines is 1. The lowest BCUT2D eigenvalue weighted by Gasteiger charge is -2.08. The summed E-state index contributed by atoms with van der Waals surface area (Å²) in [5.74, 6) is 0.733. The molecule has 1 aromatic carbocycles. The molecular formula is C16H22N4O. The van der Waals surface area contributed by atoms with Crippen LogP contribution in [0.2, 0.25) is 0 Å². The minimum Gasteiger partial charge on any atom is -0.368 e. The van der Waals surface area contributed by atoms with E-state index >= 15 is 0 Å². The van der Waals surface area contributed by atoms with Crippen molar-refractivity contribution in [3.63, 3.8) is 0 Å². The first kappa shape index (κ1) is 15.3. The lowest BCUT2D eigenvalue weighted by atomic mass is 10.2. The molecule has 0 amide bonds. The van der Waals surface area contributed by atoms with Gasteiger partial charge in [0.15, 0.2) is 5.82 Å². The highest BCUT2D eigenvalue weighted by atomic mass is 16.1. The molecule has 21 heavy (non-hydrogen) atoms. The van der Waals surface area contributed by atoms with E-state index in [-0.39, 0.29) is 5.56 Å². The van der Waals surface area contributed by atoms with E-state index in [0.717, 1.165) is 50.1 Å². The van der Waals surface area contributed by atoms with Gasteiger partial charge in [-0.3, -0.25) is 4.79 Å². The van der Waals surface area contributed by atoms with E-state index in [0.29, 0.717) is 5.39 Å². The Labute approximate surface area is 124 Å². The first-order chi connectivity index (χ1) is 10.3. The molecule has 0 bridgehead atoms. The van der Waals surface area contributed by atoms with Gasteiger partial charge < -0.3 is 10.6 Å². The van der Waals surface area contributed by atoms with Gasteiger partial charge in [0, 0.05) is 11.9 Å². The molecule has 2 rings (SSSR count). The molecule has 0 unspecified atom stereocenters. The Morgan fingerprint density at radius 3 is 2.71 bits per heavy atom. The third-order valence-corrected chi connectivity index (χ3v) is 3.28. The van der Waals surface area contributed by atoms with E-state index in [1.807, 2.05) is 30.3 Å². The predicted octanol–water partition coefficient (Wildman–Crippen LogP) is 2.28. The minimum atomic E-state index is -0.153. The Bertz CT molecular complexity index is 635. The lowest BCUT2D eigenvalue weighted by Crippen LogP contribution is -2.20. The van der Waals surface area contributed by atoms with E-state index in [2.05, 4.69) is 27.4 Å². The number of allylic oxidation sites excluding steroid dienone is 1. The van der Waals surface area contributed by atoms with Crippen molar-refractivity contribution in [1.82, 2.24) is 15.5 Å².